The van der Waals surface area contributed by atoms with Gasteiger partial charge in [0.25, 0.3) is 0 Å². The largest absolute Gasteiger partial charge is 0.442 e. The number of amides is 2. The van der Waals surface area contributed by atoms with Gasteiger partial charge in [-0.1, -0.05) is 0 Å². The third kappa shape index (κ3) is 2.61. The first-order chi connectivity index (χ1) is 5.72. The Morgan fingerprint density at radius 3 is 3.08 bits per heavy atom. The van der Waals surface area contributed by atoms with Crippen molar-refractivity contribution < 1.29 is 14.3 Å². The molecule has 0 unspecified atom stereocenters. The van der Waals surface area contributed by atoms with E-state index in [0.29, 0.717) is 13.1 Å². The van der Waals surface area contributed by atoms with Gasteiger partial charge in [0.15, 0.2) is 0 Å². The molecule has 1 rings (SSSR count). The van der Waals surface area contributed by atoms with Gasteiger partial charge in [-0.3, -0.25) is 4.79 Å². The van der Waals surface area contributed by atoms with Gasteiger partial charge in [-0.05, 0) is 0 Å². The number of hydrogen-bond donors (Lipinski definition) is 3. The van der Waals surface area contributed by atoms with Crippen molar-refractivity contribution in [3.8, 4) is 0 Å². The van der Waals surface area contributed by atoms with Crippen molar-refractivity contribution in [3.05, 3.63) is 0 Å². The lowest BCUT2D eigenvalue weighted by atomic mass is 10.3. The summed E-state index contributed by atoms with van der Waals surface area (Å²) in [5.74, 6) is -0.0186. The Bertz CT molecular complexity index is 197. The molecule has 1 aliphatic rings. The van der Waals surface area contributed by atoms with Crippen LogP contribution < -0.4 is 10.6 Å². The zero-order chi connectivity index (χ0) is 8.97. The number of thiol groups is 1. The Hall–Kier alpha value is -0.910. The molecule has 0 radical (unpaired) electrons. The molecule has 0 saturated carbocycles. The normalized spacial score (nSPS) is 21.4. The molecule has 1 atom stereocenters. The molecule has 0 bridgehead atoms. The van der Waals surface area contributed by atoms with Crippen LogP contribution in [0.4, 0.5) is 4.79 Å². The Morgan fingerprint density at radius 1 is 1.83 bits per heavy atom. The number of ether oxygens (including phenoxy) is 1. The molecule has 2 amide bonds. The van der Waals surface area contributed by atoms with Gasteiger partial charge < -0.3 is 15.4 Å². The average molecular weight is 190 g/mol. The van der Waals surface area contributed by atoms with Gasteiger partial charge in [-0.2, -0.15) is 12.6 Å². The highest BCUT2D eigenvalue weighted by Crippen LogP contribution is 1.97. The summed E-state index contributed by atoms with van der Waals surface area (Å²) in [7, 11) is 0. The number of alkyl carbamates (subject to hydrolysis) is 1. The summed E-state index contributed by atoms with van der Waals surface area (Å²) in [5, 5.41) is 5.04. The van der Waals surface area contributed by atoms with E-state index in [1.165, 1.54) is 0 Å². The third-order valence-corrected chi connectivity index (χ3v) is 1.71. The molecular formula is C6H10N2O3S. The number of nitrogens with one attached hydrogen (secondary N) is 2. The lowest BCUT2D eigenvalue weighted by molar-refractivity contribution is -0.118. The molecule has 0 spiro atoms. The summed E-state index contributed by atoms with van der Waals surface area (Å²) in [4.78, 5) is 21.2. The standard InChI is InChI=1S/C6H10N2O3S/c9-5(3-12)7-1-4-2-8-6(10)11-4/h4,12H,1-3H2,(H,7,9)(H,8,10)/t4-/m0/s1. The fraction of sp³-hybridized carbons (Fsp3) is 0.667. The minimum absolute atomic E-state index is 0.147. The molecule has 1 fully saturated rings. The topological polar surface area (TPSA) is 67.4 Å². The summed E-state index contributed by atoms with van der Waals surface area (Å²) in [5.41, 5.74) is 0. The molecule has 2 N–H and O–H groups in total. The van der Waals surface area contributed by atoms with Crippen LogP contribution in [0, 0.1) is 0 Å². The highest BCUT2D eigenvalue weighted by molar-refractivity contribution is 7.81. The molecule has 1 saturated heterocycles. The lowest BCUT2D eigenvalue weighted by Crippen LogP contribution is -2.34. The van der Waals surface area contributed by atoms with E-state index in [2.05, 4.69) is 23.3 Å². The first kappa shape index (κ1) is 9.18. The van der Waals surface area contributed by atoms with Crippen LogP contribution in [0.25, 0.3) is 0 Å². The van der Waals surface area contributed by atoms with Gasteiger partial charge >= 0.3 is 6.09 Å². The molecule has 68 valence electrons. The Kier molecular flexibility index (Phi) is 3.21. The smallest absolute Gasteiger partial charge is 0.407 e. The first-order valence-electron chi connectivity index (χ1n) is 3.54. The van der Waals surface area contributed by atoms with E-state index in [9.17, 15) is 9.59 Å². The van der Waals surface area contributed by atoms with Crippen molar-refractivity contribution in [1.82, 2.24) is 10.6 Å². The number of cyclic esters (lactones) is 1. The fourth-order valence-electron chi connectivity index (χ4n) is 0.829. The van der Waals surface area contributed by atoms with Crippen molar-refractivity contribution >= 4 is 24.6 Å². The Labute approximate surface area is 75.2 Å². The second-order valence-corrected chi connectivity index (χ2v) is 2.69. The SMILES string of the molecule is O=C(CS)NC[C@H]1CNC(=O)O1. The second kappa shape index (κ2) is 4.20. The monoisotopic (exact) mass is 190 g/mol. The highest BCUT2D eigenvalue weighted by atomic mass is 32.1. The average Bonchev–Trinajstić information content (AvgIpc) is 2.47. The molecule has 5 nitrogen and oxygen atoms in total. The van der Waals surface area contributed by atoms with Crippen LogP contribution in [0.2, 0.25) is 0 Å². The summed E-state index contributed by atoms with van der Waals surface area (Å²) in [6.45, 7) is 0.795. The molecule has 0 aromatic rings. The zero-order valence-corrected chi connectivity index (χ0v) is 7.27. The van der Waals surface area contributed by atoms with Gasteiger partial charge in [0.05, 0.1) is 18.8 Å². The van der Waals surface area contributed by atoms with Gasteiger partial charge in [-0.25, -0.2) is 4.79 Å². The van der Waals surface area contributed by atoms with Crippen molar-refractivity contribution in [1.29, 1.82) is 0 Å². The summed E-state index contributed by atoms with van der Waals surface area (Å²) < 4.78 is 4.77. The van der Waals surface area contributed by atoms with Crippen molar-refractivity contribution in [2.45, 2.75) is 6.10 Å². The number of carbonyl (C=O) groups is 2. The highest BCUT2D eigenvalue weighted by Gasteiger charge is 2.22. The van der Waals surface area contributed by atoms with E-state index in [4.69, 9.17) is 4.74 Å². The molecule has 0 aromatic heterocycles. The van der Waals surface area contributed by atoms with Crippen LogP contribution in [0.3, 0.4) is 0 Å². The van der Waals surface area contributed by atoms with Gasteiger partial charge in [0.2, 0.25) is 5.91 Å². The molecule has 1 heterocycles. The number of rotatable bonds is 3. The fourth-order valence-corrected chi connectivity index (χ4v) is 0.941. The minimum Gasteiger partial charge on any atom is -0.442 e. The van der Waals surface area contributed by atoms with E-state index in [-0.39, 0.29) is 17.8 Å². The molecule has 6 heteroatoms. The van der Waals surface area contributed by atoms with Crippen molar-refractivity contribution in [3.63, 3.8) is 0 Å². The lowest BCUT2D eigenvalue weighted by Gasteiger charge is -2.07. The first-order valence-corrected chi connectivity index (χ1v) is 4.17. The molecular weight excluding hydrogens is 180 g/mol. The van der Waals surface area contributed by atoms with Gasteiger partial charge in [-0.15, -0.1) is 0 Å². The zero-order valence-electron chi connectivity index (χ0n) is 6.37. The maximum Gasteiger partial charge on any atom is 0.407 e. The summed E-state index contributed by atoms with van der Waals surface area (Å²) >= 11 is 3.77. The van der Waals surface area contributed by atoms with E-state index in [0.717, 1.165) is 0 Å². The minimum atomic E-state index is -0.430. The maximum absolute atomic E-state index is 10.7. The molecule has 0 aromatic carbocycles. The van der Waals surface area contributed by atoms with E-state index in [1.807, 2.05) is 0 Å². The molecule has 1 aliphatic heterocycles. The van der Waals surface area contributed by atoms with Crippen LogP contribution in [-0.2, 0) is 9.53 Å². The van der Waals surface area contributed by atoms with Crippen LogP contribution in [-0.4, -0.2) is 36.9 Å². The van der Waals surface area contributed by atoms with E-state index >= 15 is 0 Å². The predicted molar refractivity (Wildman–Crippen MR) is 45.1 cm³/mol. The molecule has 0 aliphatic carbocycles. The second-order valence-electron chi connectivity index (χ2n) is 2.37. The van der Waals surface area contributed by atoms with Crippen LogP contribution in [0.15, 0.2) is 0 Å². The van der Waals surface area contributed by atoms with Crippen LogP contribution in [0.5, 0.6) is 0 Å². The third-order valence-electron chi connectivity index (χ3n) is 1.42. The Morgan fingerprint density at radius 2 is 2.58 bits per heavy atom. The maximum atomic E-state index is 10.7. The summed E-state index contributed by atoms with van der Waals surface area (Å²) in [6, 6.07) is 0. The summed E-state index contributed by atoms with van der Waals surface area (Å²) in [6.07, 6.45) is -0.679. The van der Waals surface area contributed by atoms with E-state index < -0.39 is 6.09 Å². The number of carbonyl (C=O) groups excluding carboxylic acids is 2. The molecule has 12 heavy (non-hydrogen) atoms. The van der Waals surface area contributed by atoms with Gasteiger partial charge in [0, 0.05) is 0 Å². The van der Waals surface area contributed by atoms with Crippen molar-refractivity contribution in [2.75, 3.05) is 18.8 Å². The van der Waals surface area contributed by atoms with E-state index in [1.54, 1.807) is 0 Å². The quantitative estimate of drug-likeness (QED) is 0.507. The number of hydrogen-bond acceptors (Lipinski definition) is 4. The Balaban J connectivity index is 2.16. The van der Waals surface area contributed by atoms with Gasteiger partial charge in [0.1, 0.15) is 6.10 Å². The van der Waals surface area contributed by atoms with Crippen molar-refractivity contribution in [2.24, 2.45) is 0 Å². The predicted octanol–water partition coefficient (Wildman–Crippen LogP) is -0.859. The van der Waals surface area contributed by atoms with Crippen LogP contribution in [0.1, 0.15) is 0 Å². The van der Waals surface area contributed by atoms with Crippen LogP contribution >= 0.6 is 12.6 Å².